The molecule has 0 aliphatic carbocycles. The molecule has 3 rings (SSSR count). The largest absolute Gasteiger partial charge is 0.488 e. The fourth-order valence-corrected chi connectivity index (χ4v) is 2.88. The third kappa shape index (κ3) is 6.02. The summed E-state index contributed by atoms with van der Waals surface area (Å²) in [7, 11) is 0. The molecule has 0 heterocycles. The number of benzene rings is 3. The van der Waals surface area contributed by atoms with E-state index in [1.165, 1.54) is 42.5 Å². The Bertz CT molecular complexity index is 1280. The van der Waals surface area contributed by atoms with E-state index in [9.17, 15) is 30.1 Å². The van der Waals surface area contributed by atoms with Gasteiger partial charge in [0.15, 0.2) is 0 Å². The first-order valence-corrected chi connectivity index (χ1v) is 9.59. The third-order valence-electron chi connectivity index (χ3n) is 4.46. The molecule has 0 fully saturated rings. The SMILES string of the molecule is N#C/C(=C/c1ccc(OCc2ccccc2)c(C(=O)O)c1)C(=O)Nc1cccc([N+](=O)[O-])c1. The van der Waals surface area contributed by atoms with Crippen molar-refractivity contribution in [3.63, 3.8) is 0 Å². The summed E-state index contributed by atoms with van der Waals surface area (Å²) in [5, 5.41) is 32.3. The lowest BCUT2D eigenvalue weighted by molar-refractivity contribution is -0.384. The smallest absolute Gasteiger partial charge is 0.339 e. The number of nitrogens with one attached hydrogen (secondary N) is 1. The predicted octanol–water partition coefficient (Wildman–Crippen LogP) is 4.42. The van der Waals surface area contributed by atoms with Crippen LogP contribution in [0.4, 0.5) is 11.4 Å². The lowest BCUT2D eigenvalue weighted by Crippen LogP contribution is -2.13. The van der Waals surface area contributed by atoms with Gasteiger partial charge in [0.1, 0.15) is 29.6 Å². The maximum Gasteiger partial charge on any atom is 0.339 e. The van der Waals surface area contributed by atoms with Crippen LogP contribution in [0.25, 0.3) is 6.08 Å². The number of nitriles is 1. The number of carbonyl (C=O) groups is 2. The van der Waals surface area contributed by atoms with Gasteiger partial charge in [0, 0.05) is 17.8 Å². The van der Waals surface area contributed by atoms with Crippen molar-refractivity contribution in [2.24, 2.45) is 0 Å². The number of non-ortho nitro benzene ring substituents is 1. The van der Waals surface area contributed by atoms with Crippen LogP contribution in [0, 0.1) is 21.4 Å². The van der Waals surface area contributed by atoms with Gasteiger partial charge in [0.05, 0.1) is 4.92 Å². The summed E-state index contributed by atoms with van der Waals surface area (Å²) in [5.41, 5.74) is 0.651. The molecule has 0 atom stereocenters. The van der Waals surface area contributed by atoms with Crippen molar-refractivity contribution in [2.75, 3.05) is 5.32 Å². The molecule has 3 aromatic rings. The highest BCUT2D eigenvalue weighted by molar-refractivity contribution is 6.09. The Labute approximate surface area is 188 Å². The molecular formula is C24H17N3O6. The number of nitrogens with zero attached hydrogens (tertiary/aromatic N) is 2. The Hall–Kier alpha value is -4.97. The van der Waals surface area contributed by atoms with Crippen LogP contribution in [-0.4, -0.2) is 21.9 Å². The molecule has 0 spiro atoms. The molecule has 9 nitrogen and oxygen atoms in total. The number of nitro groups is 1. The average Bonchev–Trinajstić information content (AvgIpc) is 2.82. The molecule has 0 aliphatic rings. The zero-order valence-electron chi connectivity index (χ0n) is 17.1. The molecule has 2 N–H and O–H groups in total. The van der Waals surface area contributed by atoms with Crippen LogP contribution in [0.2, 0.25) is 0 Å². The summed E-state index contributed by atoms with van der Waals surface area (Å²) in [4.78, 5) is 34.4. The highest BCUT2D eigenvalue weighted by atomic mass is 16.6. The van der Waals surface area contributed by atoms with E-state index in [0.717, 1.165) is 11.6 Å². The number of anilines is 1. The zero-order chi connectivity index (χ0) is 23.8. The summed E-state index contributed by atoms with van der Waals surface area (Å²) in [6, 6.07) is 20.5. The minimum atomic E-state index is -1.23. The van der Waals surface area contributed by atoms with E-state index < -0.39 is 16.8 Å². The molecule has 3 aromatic carbocycles. The highest BCUT2D eigenvalue weighted by Crippen LogP contribution is 2.24. The Morgan fingerprint density at radius 2 is 1.85 bits per heavy atom. The monoisotopic (exact) mass is 443 g/mol. The van der Waals surface area contributed by atoms with Gasteiger partial charge in [-0.25, -0.2) is 4.79 Å². The topological polar surface area (TPSA) is 143 Å². The molecule has 164 valence electrons. The van der Waals surface area contributed by atoms with Crippen molar-refractivity contribution < 1.29 is 24.4 Å². The van der Waals surface area contributed by atoms with Crippen LogP contribution >= 0.6 is 0 Å². The second-order valence-electron chi connectivity index (χ2n) is 6.77. The van der Waals surface area contributed by atoms with Crippen LogP contribution in [0.5, 0.6) is 5.75 Å². The van der Waals surface area contributed by atoms with Crippen molar-refractivity contribution in [2.45, 2.75) is 6.61 Å². The van der Waals surface area contributed by atoms with Gasteiger partial charge in [0.25, 0.3) is 11.6 Å². The molecule has 9 heteroatoms. The van der Waals surface area contributed by atoms with E-state index in [2.05, 4.69) is 5.32 Å². The fraction of sp³-hybridized carbons (Fsp3) is 0.0417. The Morgan fingerprint density at radius 1 is 1.09 bits per heavy atom. The summed E-state index contributed by atoms with van der Waals surface area (Å²) >= 11 is 0. The van der Waals surface area contributed by atoms with Crippen molar-refractivity contribution >= 4 is 29.3 Å². The van der Waals surface area contributed by atoms with E-state index >= 15 is 0 Å². The molecular weight excluding hydrogens is 426 g/mol. The van der Waals surface area contributed by atoms with Crippen LogP contribution in [-0.2, 0) is 11.4 Å². The summed E-state index contributed by atoms with van der Waals surface area (Å²) in [6.45, 7) is 0.172. The maximum absolute atomic E-state index is 12.5. The van der Waals surface area contributed by atoms with Crippen molar-refractivity contribution in [1.82, 2.24) is 0 Å². The third-order valence-corrected chi connectivity index (χ3v) is 4.46. The summed E-state index contributed by atoms with van der Waals surface area (Å²) in [6.07, 6.45) is 1.22. The second kappa shape index (κ2) is 10.4. The molecule has 0 aliphatic heterocycles. The van der Waals surface area contributed by atoms with Gasteiger partial charge in [-0.05, 0) is 35.4 Å². The number of amides is 1. The van der Waals surface area contributed by atoms with Gasteiger partial charge in [-0.2, -0.15) is 5.26 Å². The van der Waals surface area contributed by atoms with Gasteiger partial charge >= 0.3 is 5.97 Å². The fourth-order valence-electron chi connectivity index (χ4n) is 2.88. The summed E-state index contributed by atoms with van der Waals surface area (Å²) < 4.78 is 5.63. The van der Waals surface area contributed by atoms with Crippen molar-refractivity contribution in [3.05, 3.63) is 105 Å². The molecule has 1 amide bonds. The van der Waals surface area contributed by atoms with E-state index in [4.69, 9.17) is 4.74 Å². The number of hydrogen-bond acceptors (Lipinski definition) is 6. The molecule has 0 saturated heterocycles. The maximum atomic E-state index is 12.5. The van der Waals surface area contributed by atoms with Crippen molar-refractivity contribution in [3.8, 4) is 11.8 Å². The number of carboxylic acid groups (broad SMARTS) is 1. The highest BCUT2D eigenvalue weighted by Gasteiger charge is 2.15. The predicted molar refractivity (Wildman–Crippen MR) is 119 cm³/mol. The number of carboxylic acids is 1. The van der Waals surface area contributed by atoms with E-state index in [-0.39, 0.29) is 34.9 Å². The van der Waals surface area contributed by atoms with Crippen LogP contribution in [0.15, 0.2) is 78.4 Å². The lowest BCUT2D eigenvalue weighted by atomic mass is 10.1. The molecule has 33 heavy (non-hydrogen) atoms. The Morgan fingerprint density at radius 3 is 2.52 bits per heavy atom. The number of nitro benzene ring substituents is 1. The normalized spacial score (nSPS) is 10.7. The number of aromatic carboxylic acids is 1. The van der Waals surface area contributed by atoms with E-state index in [0.29, 0.717) is 5.56 Å². The molecule has 0 unspecified atom stereocenters. The molecule has 0 bridgehead atoms. The molecule has 0 radical (unpaired) electrons. The first-order chi connectivity index (χ1) is 15.9. The van der Waals surface area contributed by atoms with Gasteiger partial charge in [0.2, 0.25) is 0 Å². The Balaban J connectivity index is 1.81. The van der Waals surface area contributed by atoms with Gasteiger partial charge < -0.3 is 15.2 Å². The van der Waals surface area contributed by atoms with Crippen LogP contribution in [0.1, 0.15) is 21.5 Å². The quantitative estimate of drug-likeness (QED) is 0.227. The lowest BCUT2D eigenvalue weighted by Gasteiger charge is -2.10. The average molecular weight is 443 g/mol. The number of hydrogen-bond donors (Lipinski definition) is 2. The van der Waals surface area contributed by atoms with E-state index in [1.807, 2.05) is 30.3 Å². The van der Waals surface area contributed by atoms with Gasteiger partial charge in [-0.1, -0.05) is 42.5 Å². The minimum Gasteiger partial charge on any atom is -0.488 e. The minimum absolute atomic E-state index is 0.129. The van der Waals surface area contributed by atoms with Crippen molar-refractivity contribution in [1.29, 1.82) is 5.26 Å². The second-order valence-corrected chi connectivity index (χ2v) is 6.77. The van der Waals surface area contributed by atoms with Crippen LogP contribution in [0.3, 0.4) is 0 Å². The van der Waals surface area contributed by atoms with Crippen LogP contribution < -0.4 is 10.1 Å². The first-order valence-electron chi connectivity index (χ1n) is 9.59. The van der Waals surface area contributed by atoms with E-state index in [1.54, 1.807) is 6.07 Å². The van der Waals surface area contributed by atoms with Gasteiger partial charge in [-0.15, -0.1) is 0 Å². The summed E-state index contributed by atoms with van der Waals surface area (Å²) in [5.74, 6) is -1.88. The number of ether oxygens (including phenoxy) is 1. The van der Waals surface area contributed by atoms with Gasteiger partial charge in [-0.3, -0.25) is 14.9 Å². The molecule has 0 aromatic heterocycles. The number of rotatable bonds is 8. The molecule has 0 saturated carbocycles. The Kier molecular flexibility index (Phi) is 7.13. The number of carbonyl (C=O) groups excluding carboxylic acids is 1. The standard InChI is InChI=1S/C24H17N3O6/c25-14-18(23(28)26-19-7-4-8-20(13-19)27(31)32)11-17-9-10-22(21(12-17)24(29)30)33-15-16-5-2-1-3-6-16/h1-13H,15H2,(H,26,28)(H,29,30)/b18-11-. The zero-order valence-corrected chi connectivity index (χ0v) is 17.1. The first kappa shape index (κ1) is 22.7.